The Kier molecular flexibility index (Phi) is 4.84. The summed E-state index contributed by atoms with van der Waals surface area (Å²) < 4.78 is 5.14. The molecule has 0 spiro atoms. The quantitative estimate of drug-likeness (QED) is 0.827. The molecule has 0 bridgehead atoms. The Balaban J connectivity index is 1.57. The fraction of sp³-hybridized carbons (Fsp3) is 0.474. The van der Waals surface area contributed by atoms with Crippen LogP contribution in [0.15, 0.2) is 41.2 Å². The smallest absolute Gasteiger partial charge is 0.0934 e. The number of furan rings is 1. The van der Waals surface area contributed by atoms with E-state index in [4.69, 9.17) is 10.2 Å². The van der Waals surface area contributed by atoms with E-state index in [0.717, 1.165) is 38.0 Å². The summed E-state index contributed by atoms with van der Waals surface area (Å²) >= 11 is 0. The second-order valence-corrected chi connectivity index (χ2v) is 6.25. The summed E-state index contributed by atoms with van der Waals surface area (Å²) in [6.07, 6.45) is 9.38. The minimum Gasteiger partial charge on any atom is -0.472 e. The van der Waals surface area contributed by atoms with Crippen molar-refractivity contribution in [3.63, 3.8) is 0 Å². The van der Waals surface area contributed by atoms with E-state index in [2.05, 4.69) is 30.0 Å². The lowest BCUT2D eigenvalue weighted by molar-refractivity contribution is 0.187. The van der Waals surface area contributed by atoms with Gasteiger partial charge in [-0.2, -0.15) is 0 Å². The van der Waals surface area contributed by atoms with E-state index < -0.39 is 0 Å². The molecule has 22 heavy (non-hydrogen) atoms. The summed E-state index contributed by atoms with van der Waals surface area (Å²) in [6.45, 7) is 4.55. The van der Waals surface area contributed by atoms with Crippen molar-refractivity contribution in [2.45, 2.75) is 45.1 Å². The van der Waals surface area contributed by atoms with Crippen molar-refractivity contribution in [2.75, 3.05) is 18.8 Å². The molecule has 118 valence electrons. The number of nitrogen functional groups attached to an aromatic ring is 1. The first kappa shape index (κ1) is 15.2. The zero-order valence-electron chi connectivity index (χ0n) is 13.4. The van der Waals surface area contributed by atoms with Gasteiger partial charge in [0.25, 0.3) is 0 Å². The number of hydrogen-bond donors (Lipinski definition) is 1. The molecule has 0 saturated carbocycles. The van der Waals surface area contributed by atoms with E-state index in [1.807, 2.05) is 12.3 Å². The molecule has 0 fully saturated rings. The first-order valence-electron chi connectivity index (χ1n) is 8.39. The highest BCUT2D eigenvalue weighted by Crippen LogP contribution is 2.28. The van der Waals surface area contributed by atoms with Crippen molar-refractivity contribution in [1.29, 1.82) is 0 Å². The highest BCUT2D eigenvalue weighted by Gasteiger charge is 2.24. The van der Waals surface area contributed by atoms with Gasteiger partial charge in [-0.1, -0.05) is 19.1 Å². The average molecular weight is 298 g/mol. The van der Waals surface area contributed by atoms with E-state index >= 15 is 0 Å². The molecule has 3 nitrogen and oxygen atoms in total. The predicted molar refractivity (Wildman–Crippen MR) is 90.9 cm³/mol. The van der Waals surface area contributed by atoms with Crippen LogP contribution in [-0.2, 0) is 19.3 Å². The average Bonchev–Trinajstić information content (AvgIpc) is 3.05. The summed E-state index contributed by atoms with van der Waals surface area (Å²) in [5.74, 6) is 0. The van der Waals surface area contributed by atoms with Crippen LogP contribution in [0.4, 0.5) is 5.69 Å². The van der Waals surface area contributed by atoms with E-state index in [0.29, 0.717) is 6.04 Å². The lowest BCUT2D eigenvalue weighted by atomic mass is 9.86. The number of hydrogen-bond acceptors (Lipinski definition) is 3. The number of rotatable bonds is 6. The van der Waals surface area contributed by atoms with Crippen molar-refractivity contribution in [1.82, 2.24) is 4.90 Å². The molecule has 3 rings (SSSR count). The highest BCUT2D eigenvalue weighted by molar-refractivity contribution is 5.52. The van der Waals surface area contributed by atoms with Crippen molar-refractivity contribution in [3.05, 3.63) is 53.5 Å². The van der Waals surface area contributed by atoms with E-state index in [9.17, 15) is 0 Å². The third-order valence-corrected chi connectivity index (χ3v) is 4.91. The van der Waals surface area contributed by atoms with Gasteiger partial charge in [-0.05, 0) is 74.0 Å². The van der Waals surface area contributed by atoms with Gasteiger partial charge in [0.1, 0.15) is 0 Å². The molecule has 1 atom stereocenters. The predicted octanol–water partition coefficient (Wildman–Crippen LogP) is 3.67. The van der Waals surface area contributed by atoms with Crippen LogP contribution in [0.2, 0.25) is 0 Å². The minimum absolute atomic E-state index is 0.656. The molecule has 1 heterocycles. The topological polar surface area (TPSA) is 42.4 Å². The fourth-order valence-electron chi connectivity index (χ4n) is 3.65. The summed E-state index contributed by atoms with van der Waals surface area (Å²) in [5, 5.41) is 0. The minimum atomic E-state index is 0.656. The van der Waals surface area contributed by atoms with Crippen molar-refractivity contribution < 1.29 is 4.42 Å². The Labute approximate surface area is 133 Å². The summed E-state index contributed by atoms with van der Waals surface area (Å²) in [7, 11) is 0. The number of nitrogens with zero attached hydrogens (tertiary/aromatic N) is 1. The van der Waals surface area contributed by atoms with Gasteiger partial charge in [0, 0.05) is 11.7 Å². The molecule has 0 radical (unpaired) electrons. The number of likely N-dealkylation sites (N-methyl/N-ethyl adjacent to an activating group) is 1. The SMILES string of the molecule is CCN(CCCc1ccoc1)C1CCc2c(N)cccc2C1. The van der Waals surface area contributed by atoms with Crippen LogP contribution < -0.4 is 5.73 Å². The maximum Gasteiger partial charge on any atom is 0.0934 e. The Bertz CT molecular complexity index is 591. The van der Waals surface area contributed by atoms with Gasteiger partial charge in [-0.25, -0.2) is 0 Å². The molecular weight excluding hydrogens is 272 g/mol. The first-order chi connectivity index (χ1) is 10.8. The Morgan fingerprint density at radius 3 is 3.00 bits per heavy atom. The van der Waals surface area contributed by atoms with Crippen LogP contribution in [0, 0.1) is 0 Å². The first-order valence-corrected chi connectivity index (χ1v) is 8.39. The van der Waals surface area contributed by atoms with Gasteiger partial charge in [0.05, 0.1) is 12.5 Å². The van der Waals surface area contributed by atoms with Crippen molar-refractivity contribution in [3.8, 4) is 0 Å². The third kappa shape index (κ3) is 3.36. The van der Waals surface area contributed by atoms with Gasteiger partial charge in [0.15, 0.2) is 0 Å². The van der Waals surface area contributed by atoms with E-state index in [-0.39, 0.29) is 0 Å². The lowest BCUT2D eigenvalue weighted by Gasteiger charge is -2.35. The van der Waals surface area contributed by atoms with Gasteiger partial charge in [0.2, 0.25) is 0 Å². The fourth-order valence-corrected chi connectivity index (χ4v) is 3.65. The largest absolute Gasteiger partial charge is 0.472 e. The molecule has 2 aromatic rings. The maximum absolute atomic E-state index is 6.11. The number of aryl methyl sites for hydroxylation is 1. The molecular formula is C19H26N2O. The van der Waals surface area contributed by atoms with Crippen LogP contribution in [0.5, 0.6) is 0 Å². The van der Waals surface area contributed by atoms with Crippen LogP contribution in [0.25, 0.3) is 0 Å². The monoisotopic (exact) mass is 298 g/mol. The van der Waals surface area contributed by atoms with Crippen LogP contribution >= 0.6 is 0 Å². The summed E-state index contributed by atoms with van der Waals surface area (Å²) in [4.78, 5) is 2.63. The molecule has 1 aliphatic carbocycles. The molecule has 1 aromatic heterocycles. The molecule has 0 aliphatic heterocycles. The van der Waals surface area contributed by atoms with Crippen LogP contribution in [0.3, 0.4) is 0 Å². The number of nitrogens with two attached hydrogens (primary N) is 1. The third-order valence-electron chi connectivity index (χ3n) is 4.91. The molecule has 1 unspecified atom stereocenters. The van der Waals surface area contributed by atoms with Gasteiger partial charge in [-0.3, -0.25) is 0 Å². The second-order valence-electron chi connectivity index (χ2n) is 6.25. The maximum atomic E-state index is 6.11. The second kappa shape index (κ2) is 7.01. The molecule has 2 N–H and O–H groups in total. The number of benzene rings is 1. The highest BCUT2D eigenvalue weighted by atomic mass is 16.3. The standard InChI is InChI=1S/C19H26N2O/c1-2-21(11-4-5-15-10-12-22-14-15)17-8-9-18-16(13-17)6-3-7-19(18)20/h3,6-7,10,12,14,17H,2,4-5,8-9,11,13,20H2,1H3. The zero-order valence-corrected chi connectivity index (χ0v) is 13.4. The van der Waals surface area contributed by atoms with Crippen molar-refractivity contribution in [2.24, 2.45) is 0 Å². The molecule has 1 aliphatic rings. The van der Waals surface area contributed by atoms with E-state index in [1.54, 1.807) is 6.26 Å². The Morgan fingerprint density at radius 1 is 1.32 bits per heavy atom. The number of anilines is 1. The molecule has 0 amide bonds. The van der Waals surface area contributed by atoms with Crippen LogP contribution in [0.1, 0.15) is 36.5 Å². The van der Waals surface area contributed by atoms with Gasteiger partial charge in [-0.15, -0.1) is 0 Å². The van der Waals surface area contributed by atoms with Gasteiger partial charge < -0.3 is 15.1 Å². The van der Waals surface area contributed by atoms with Crippen LogP contribution in [-0.4, -0.2) is 24.0 Å². The zero-order chi connectivity index (χ0) is 15.4. The van der Waals surface area contributed by atoms with Gasteiger partial charge >= 0.3 is 0 Å². The van der Waals surface area contributed by atoms with Crippen molar-refractivity contribution >= 4 is 5.69 Å². The summed E-state index contributed by atoms with van der Waals surface area (Å²) in [5.41, 5.74) is 11.2. The Hall–Kier alpha value is -1.74. The molecule has 0 saturated heterocycles. The Morgan fingerprint density at radius 2 is 2.23 bits per heavy atom. The van der Waals surface area contributed by atoms with E-state index in [1.165, 1.54) is 29.5 Å². The lowest BCUT2D eigenvalue weighted by Crippen LogP contribution is -2.40. The molecule has 1 aromatic carbocycles. The normalized spacial score (nSPS) is 17.6. The number of fused-ring (bicyclic) bond motifs is 1. The molecule has 3 heteroatoms. The summed E-state index contributed by atoms with van der Waals surface area (Å²) in [6, 6.07) is 9.09.